The first-order chi connectivity index (χ1) is 8.06. The van der Waals surface area contributed by atoms with E-state index >= 15 is 0 Å². The average molecular weight is 255 g/mol. The number of pyridine rings is 1. The predicted molar refractivity (Wildman–Crippen MR) is 71.3 cm³/mol. The van der Waals surface area contributed by atoms with Gasteiger partial charge in [-0.15, -0.1) is 0 Å². The maximum Gasteiger partial charge on any atom is 0.124 e. The molecule has 6 heteroatoms. The van der Waals surface area contributed by atoms with Crippen molar-refractivity contribution in [3.8, 4) is 0 Å². The van der Waals surface area contributed by atoms with Gasteiger partial charge in [-0.3, -0.25) is 4.98 Å². The van der Waals surface area contributed by atoms with Crippen molar-refractivity contribution in [2.45, 2.75) is 6.10 Å². The number of methoxy groups -OCH3 is 1. The molecular formula is C11H17N3O2S. The number of hydrogen-bond acceptors (Lipinski definition) is 5. The van der Waals surface area contributed by atoms with E-state index in [-0.39, 0.29) is 11.6 Å². The van der Waals surface area contributed by atoms with Crippen molar-refractivity contribution in [1.82, 2.24) is 4.98 Å². The van der Waals surface area contributed by atoms with Crippen molar-refractivity contribution >= 4 is 22.9 Å². The Kier molecular flexibility index (Phi) is 5.27. The molecule has 0 aliphatic heterocycles. The minimum atomic E-state index is -0.565. The molecule has 1 heterocycles. The lowest BCUT2D eigenvalue weighted by Crippen LogP contribution is -2.33. The van der Waals surface area contributed by atoms with Crippen LogP contribution in [-0.2, 0) is 4.74 Å². The Morgan fingerprint density at radius 3 is 3.00 bits per heavy atom. The number of nitrogens with zero attached hydrogens (tertiary/aromatic N) is 2. The molecule has 3 N–H and O–H groups in total. The number of anilines is 1. The van der Waals surface area contributed by atoms with Gasteiger partial charge in [0.15, 0.2) is 0 Å². The minimum absolute atomic E-state index is 0.244. The third-order valence-corrected chi connectivity index (χ3v) is 2.47. The highest BCUT2D eigenvalue weighted by atomic mass is 32.1. The van der Waals surface area contributed by atoms with Crippen LogP contribution in [0, 0.1) is 0 Å². The number of aliphatic hydroxyl groups excluding tert-OH is 1. The standard InChI is InChI=1S/C11H17N3O2S/c1-14(6-8(15)7-16-2)9-4-3-5-13-10(9)11(12)17/h3-5,8,15H,6-7H2,1-2H3,(H2,12,17). The fraction of sp³-hybridized carbons (Fsp3) is 0.455. The molecule has 5 nitrogen and oxygen atoms in total. The first-order valence-electron chi connectivity index (χ1n) is 5.19. The summed E-state index contributed by atoms with van der Waals surface area (Å²) in [5.41, 5.74) is 6.96. The van der Waals surface area contributed by atoms with Crippen LogP contribution in [-0.4, -0.2) is 48.5 Å². The zero-order valence-corrected chi connectivity index (χ0v) is 10.8. The summed E-state index contributed by atoms with van der Waals surface area (Å²) in [4.78, 5) is 6.23. The molecule has 0 aliphatic carbocycles. The van der Waals surface area contributed by atoms with Crippen LogP contribution in [0.3, 0.4) is 0 Å². The van der Waals surface area contributed by atoms with Crippen molar-refractivity contribution in [2.75, 3.05) is 32.2 Å². The van der Waals surface area contributed by atoms with Crippen LogP contribution in [0.2, 0.25) is 0 Å². The monoisotopic (exact) mass is 255 g/mol. The summed E-state index contributed by atoms with van der Waals surface area (Å²) in [5.74, 6) is 0. The topological polar surface area (TPSA) is 71.6 Å². The van der Waals surface area contributed by atoms with Crippen LogP contribution in [0.5, 0.6) is 0 Å². The number of likely N-dealkylation sites (N-methyl/N-ethyl adjacent to an activating group) is 1. The lowest BCUT2D eigenvalue weighted by Gasteiger charge is -2.23. The third kappa shape index (κ3) is 3.92. The highest BCUT2D eigenvalue weighted by Crippen LogP contribution is 2.16. The molecule has 0 amide bonds. The molecule has 0 fully saturated rings. The summed E-state index contributed by atoms with van der Waals surface area (Å²) in [6.07, 6.45) is 1.07. The molecule has 0 aromatic carbocycles. The summed E-state index contributed by atoms with van der Waals surface area (Å²) >= 11 is 4.94. The summed E-state index contributed by atoms with van der Waals surface area (Å²) in [6.45, 7) is 0.710. The van der Waals surface area contributed by atoms with Crippen molar-refractivity contribution in [3.05, 3.63) is 24.0 Å². The molecule has 1 aromatic rings. The second-order valence-corrected chi connectivity index (χ2v) is 4.16. The molecule has 1 aromatic heterocycles. The molecule has 0 bridgehead atoms. The quantitative estimate of drug-likeness (QED) is 0.706. The molecule has 94 valence electrons. The Balaban J connectivity index is 2.81. The van der Waals surface area contributed by atoms with Gasteiger partial charge in [0.25, 0.3) is 0 Å². The molecule has 0 saturated carbocycles. The maximum absolute atomic E-state index is 9.66. The minimum Gasteiger partial charge on any atom is -0.389 e. The maximum atomic E-state index is 9.66. The highest BCUT2D eigenvalue weighted by Gasteiger charge is 2.13. The van der Waals surface area contributed by atoms with Crippen molar-refractivity contribution in [1.29, 1.82) is 0 Å². The molecule has 1 rings (SSSR count). The van der Waals surface area contributed by atoms with Gasteiger partial charge in [0.1, 0.15) is 10.7 Å². The van der Waals surface area contributed by atoms with E-state index in [9.17, 15) is 5.11 Å². The normalized spacial score (nSPS) is 12.2. The number of thiocarbonyl (C=S) groups is 1. The molecule has 0 aliphatic rings. The van der Waals surface area contributed by atoms with Crippen LogP contribution >= 0.6 is 12.2 Å². The van der Waals surface area contributed by atoms with Crippen molar-refractivity contribution in [3.63, 3.8) is 0 Å². The molecule has 0 radical (unpaired) electrons. The summed E-state index contributed by atoms with van der Waals surface area (Å²) in [7, 11) is 3.39. The number of aromatic nitrogens is 1. The molecule has 17 heavy (non-hydrogen) atoms. The van der Waals surface area contributed by atoms with Crippen LogP contribution in [0.25, 0.3) is 0 Å². The van der Waals surface area contributed by atoms with E-state index in [2.05, 4.69) is 4.98 Å². The van der Waals surface area contributed by atoms with Crippen LogP contribution < -0.4 is 10.6 Å². The SMILES string of the molecule is COCC(O)CN(C)c1cccnc1C(N)=S. The number of aliphatic hydroxyl groups is 1. The van der Waals surface area contributed by atoms with E-state index in [4.69, 9.17) is 22.7 Å². The van der Waals surface area contributed by atoms with E-state index in [1.54, 1.807) is 19.4 Å². The van der Waals surface area contributed by atoms with Gasteiger partial charge in [0.2, 0.25) is 0 Å². The molecular weight excluding hydrogens is 238 g/mol. The van der Waals surface area contributed by atoms with Crippen LogP contribution in [0.1, 0.15) is 5.69 Å². The fourth-order valence-corrected chi connectivity index (χ4v) is 1.71. The van der Waals surface area contributed by atoms with Gasteiger partial charge in [0, 0.05) is 26.9 Å². The van der Waals surface area contributed by atoms with E-state index in [0.29, 0.717) is 12.2 Å². The number of nitrogens with two attached hydrogens (primary N) is 1. The van der Waals surface area contributed by atoms with Gasteiger partial charge in [0.05, 0.1) is 18.4 Å². The molecule has 1 atom stereocenters. The average Bonchev–Trinajstić information content (AvgIpc) is 2.29. The largest absolute Gasteiger partial charge is 0.389 e. The van der Waals surface area contributed by atoms with Gasteiger partial charge < -0.3 is 20.5 Å². The lowest BCUT2D eigenvalue weighted by molar-refractivity contribution is 0.0695. The highest BCUT2D eigenvalue weighted by molar-refractivity contribution is 7.80. The number of hydrogen-bond donors (Lipinski definition) is 2. The summed E-state index contributed by atoms with van der Waals surface area (Å²) in [5, 5.41) is 9.66. The van der Waals surface area contributed by atoms with E-state index in [1.165, 1.54) is 0 Å². The molecule has 0 spiro atoms. The summed E-state index contributed by atoms with van der Waals surface area (Å²) in [6, 6.07) is 3.66. The second-order valence-electron chi connectivity index (χ2n) is 3.73. The lowest BCUT2D eigenvalue weighted by atomic mass is 10.2. The Hall–Kier alpha value is -1.24. The Morgan fingerprint density at radius 1 is 1.71 bits per heavy atom. The Morgan fingerprint density at radius 2 is 2.41 bits per heavy atom. The fourth-order valence-electron chi connectivity index (χ4n) is 1.55. The van der Waals surface area contributed by atoms with Gasteiger partial charge in [-0.1, -0.05) is 12.2 Å². The van der Waals surface area contributed by atoms with Crippen molar-refractivity contribution < 1.29 is 9.84 Å². The van der Waals surface area contributed by atoms with E-state index in [0.717, 1.165) is 5.69 Å². The third-order valence-electron chi connectivity index (χ3n) is 2.27. The summed E-state index contributed by atoms with van der Waals surface area (Å²) < 4.78 is 4.88. The van der Waals surface area contributed by atoms with E-state index in [1.807, 2.05) is 18.0 Å². The number of rotatable bonds is 6. The zero-order valence-electron chi connectivity index (χ0n) is 9.96. The Labute approximate surface area is 106 Å². The number of ether oxygens (including phenoxy) is 1. The van der Waals surface area contributed by atoms with Crippen molar-refractivity contribution in [2.24, 2.45) is 5.73 Å². The van der Waals surface area contributed by atoms with Crippen LogP contribution in [0.4, 0.5) is 5.69 Å². The smallest absolute Gasteiger partial charge is 0.124 e. The Bertz CT molecular complexity index is 387. The predicted octanol–water partition coefficient (Wildman–Crippen LogP) is 0.159. The molecule has 1 unspecified atom stereocenters. The first kappa shape index (κ1) is 13.8. The van der Waals surface area contributed by atoms with Gasteiger partial charge in [-0.25, -0.2) is 0 Å². The van der Waals surface area contributed by atoms with Gasteiger partial charge in [-0.05, 0) is 12.1 Å². The second kappa shape index (κ2) is 6.48. The first-order valence-corrected chi connectivity index (χ1v) is 5.60. The van der Waals surface area contributed by atoms with Gasteiger partial charge in [-0.2, -0.15) is 0 Å². The molecule has 0 saturated heterocycles. The van der Waals surface area contributed by atoms with E-state index < -0.39 is 6.10 Å². The van der Waals surface area contributed by atoms with Crippen LogP contribution in [0.15, 0.2) is 18.3 Å². The zero-order chi connectivity index (χ0) is 12.8. The van der Waals surface area contributed by atoms with Gasteiger partial charge >= 0.3 is 0 Å².